The standard InChI is InChI=1S/C25H28N2O5S/c1-15(2)11-21(23(28)27-14-33-13-22(27)24(29)30)26-25(31)32-12-20-18-9-5-3-7-16(18)17-8-4-6-10-19(17)20/h3-10,15,20-22H,11-14H2,1-2H3,(H,26,31)(H,29,30)/t21-,22+/m1/s1. The summed E-state index contributed by atoms with van der Waals surface area (Å²) in [7, 11) is 0. The number of alkyl carbamates (subject to hydrolysis) is 1. The Morgan fingerprint density at radius 3 is 2.27 bits per heavy atom. The first-order chi connectivity index (χ1) is 15.9. The van der Waals surface area contributed by atoms with Crippen molar-refractivity contribution in [1.82, 2.24) is 10.2 Å². The molecule has 1 aliphatic heterocycles. The number of rotatable bonds is 7. The Labute approximate surface area is 197 Å². The van der Waals surface area contributed by atoms with Crippen LogP contribution in [-0.4, -0.2) is 58.3 Å². The molecule has 0 unspecified atom stereocenters. The summed E-state index contributed by atoms with van der Waals surface area (Å²) in [5.74, 6) is -0.704. The highest BCUT2D eigenvalue weighted by Gasteiger charge is 2.38. The van der Waals surface area contributed by atoms with E-state index in [1.807, 2.05) is 50.2 Å². The molecule has 2 amide bonds. The topological polar surface area (TPSA) is 95.9 Å². The summed E-state index contributed by atoms with van der Waals surface area (Å²) in [4.78, 5) is 38.7. The van der Waals surface area contributed by atoms with Crippen molar-refractivity contribution in [2.45, 2.75) is 38.3 Å². The van der Waals surface area contributed by atoms with Crippen LogP contribution in [0.4, 0.5) is 4.79 Å². The summed E-state index contributed by atoms with van der Waals surface area (Å²) >= 11 is 1.40. The fraction of sp³-hybridized carbons (Fsp3) is 0.400. The number of carbonyl (C=O) groups excluding carboxylic acids is 2. The number of fused-ring (bicyclic) bond motifs is 3. The number of hydrogen-bond donors (Lipinski definition) is 2. The van der Waals surface area contributed by atoms with E-state index in [4.69, 9.17) is 4.74 Å². The van der Waals surface area contributed by atoms with Gasteiger partial charge >= 0.3 is 12.1 Å². The predicted molar refractivity (Wildman–Crippen MR) is 127 cm³/mol. The molecule has 2 aromatic rings. The van der Waals surface area contributed by atoms with E-state index in [-0.39, 0.29) is 24.3 Å². The van der Waals surface area contributed by atoms with Gasteiger partial charge in [-0.05, 0) is 34.6 Å². The molecule has 174 valence electrons. The van der Waals surface area contributed by atoms with Gasteiger partial charge in [0.05, 0.1) is 5.88 Å². The lowest BCUT2D eigenvalue weighted by Gasteiger charge is -2.27. The third kappa shape index (κ3) is 4.85. The molecular formula is C25H28N2O5S. The van der Waals surface area contributed by atoms with Gasteiger partial charge in [0, 0.05) is 11.7 Å². The maximum Gasteiger partial charge on any atom is 0.407 e. The van der Waals surface area contributed by atoms with E-state index in [0.29, 0.717) is 18.1 Å². The molecule has 7 nitrogen and oxygen atoms in total. The van der Waals surface area contributed by atoms with Crippen LogP contribution in [0.1, 0.15) is 37.3 Å². The second-order valence-corrected chi connectivity index (χ2v) is 9.81. The molecule has 2 aromatic carbocycles. The monoisotopic (exact) mass is 468 g/mol. The van der Waals surface area contributed by atoms with Crippen LogP contribution in [0.5, 0.6) is 0 Å². The number of hydrogen-bond acceptors (Lipinski definition) is 5. The lowest BCUT2D eigenvalue weighted by atomic mass is 9.98. The van der Waals surface area contributed by atoms with Gasteiger partial charge in [-0.15, -0.1) is 11.8 Å². The highest BCUT2D eigenvalue weighted by molar-refractivity contribution is 7.99. The fourth-order valence-corrected chi connectivity index (χ4v) is 5.69. The quantitative estimate of drug-likeness (QED) is 0.639. The average Bonchev–Trinajstić information content (AvgIpc) is 3.40. The Bertz CT molecular complexity index is 1010. The van der Waals surface area contributed by atoms with Gasteiger partial charge in [0.2, 0.25) is 5.91 Å². The van der Waals surface area contributed by atoms with Crippen molar-refractivity contribution in [3.8, 4) is 11.1 Å². The molecule has 2 N–H and O–H groups in total. The van der Waals surface area contributed by atoms with Crippen molar-refractivity contribution in [2.75, 3.05) is 18.2 Å². The van der Waals surface area contributed by atoms with Gasteiger partial charge in [0.1, 0.15) is 18.7 Å². The molecule has 2 aliphatic rings. The molecule has 0 bridgehead atoms. The van der Waals surface area contributed by atoms with E-state index in [1.54, 1.807) is 0 Å². The SMILES string of the molecule is CC(C)C[C@@H](NC(=O)OCC1c2ccccc2-c2ccccc21)C(=O)N1CSC[C@H]1C(=O)O. The van der Waals surface area contributed by atoms with Crippen LogP contribution in [0.15, 0.2) is 48.5 Å². The lowest BCUT2D eigenvalue weighted by Crippen LogP contribution is -2.52. The second-order valence-electron chi connectivity index (χ2n) is 8.81. The van der Waals surface area contributed by atoms with Gasteiger partial charge in [-0.3, -0.25) is 4.79 Å². The van der Waals surface area contributed by atoms with E-state index < -0.39 is 24.1 Å². The van der Waals surface area contributed by atoms with E-state index >= 15 is 0 Å². The number of carboxylic acid groups (broad SMARTS) is 1. The number of nitrogens with one attached hydrogen (secondary N) is 1. The molecule has 2 atom stereocenters. The van der Waals surface area contributed by atoms with Crippen LogP contribution >= 0.6 is 11.8 Å². The van der Waals surface area contributed by atoms with Crippen LogP contribution in [0.3, 0.4) is 0 Å². The van der Waals surface area contributed by atoms with Gasteiger partial charge in [-0.2, -0.15) is 0 Å². The first-order valence-electron chi connectivity index (χ1n) is 11.1. The highest BCUT2D eigenvalue weighted by atomic mass is 32.2. The van der Waals surface area contributed by atoms with Crippen molar-refractivity contribution in [1.29, 1.82) is 0 Å². The molecule has 1 aliphatic carbocycles. The summed E-state index contributed by atoms with van der Waals surface area (Å²) in [6.07, 6.45) is -0.272. The molecule has 33 heavy (non-hydrogen) atoms. The van der Waals surface area contributed by atoms with E-state index in [1.165, 1.54) is 16.7 Å². The van der Waals surface area contributed by atoms with Crippen LogP contribution in [0, 0.1) is 5.92 Å². The number of aliphatic carboxylic acids is 1. The van der Waals surface area contributed by atoms with Gasteiger partial charge in [0.25, 0.3) is 0 Å². The maximum absolute atomic E-state index is 13.1. The summed E-state index contributed by atoms with van der Waals surface area (Å²) in [5.41, 5.74) is 4.50. The Balaban J connectivity index is 1.44. The van der Waals surface area contributed by atoms with Crippen molar-refractivity contribution in [3.05, 3.63) is 59.7 Å². The Kier molecular flexibility index (Phi) is 6.93. The Morgan fingerprint density at radius 1 is 1.09 bits per heavy atom. The number of ether oxygens (including phenoxy) is 1. The highest BCUT2D eigenvalue weighted by Crippen LogP contribution is 2.44. The van der Waals surface area contributed by atoms with Gasteiger partial charge in [-0.1, -0.05) is 62.4 Å². The molecule has 8 heteroatoms. The minimum atomic E-state index is -1.03. The van der Waals surface area contributed by atoms with E-state index in [9.17, 15) is 19.5 Å². The second kappa shape index (κ2) is 9.87. The molecule has 0 spiro atoms. The van der Waals surface area contributed by atoms with Gasteiger partial charge < -0.3 is 20.1 Å². The molecule has 0 radical (unpaired) electrons. The zero-order valence-corrected chi connectivity index (χ0v) is 19.5. The van der Waals surface area contributed by atoms with Crippen molar-refractivity contribution < 1.29 is 24.2 Å². The molecule has 4 rings (SSSR count). The van der Waals surface area contributed by atoms with Crippen LogP contribution < -0.4 is 5.32 Å². The number of carbonyl (C=O) groups is 3. The first kappa shape index (κ1) is 23.2. The largest absolute Gasteiger partial charge is 0.480 e. The molecule has 0 aromatic heterocycles. The molecule has 1 fully saturated rings. The lowest BCUT2D eigenvalue weighted by molar-refractivity contribution is -0.148. The fourth-order valence-electron chi connectivity index (χ4n) is 4.54. The number of benzene rings is 2. The van der Waals surface area contributed by atoms with E-state index in [2.05, 4.69) is 17.4 Å². The zero-order chi connectivity index (χ0) is 23.5. The zero-order valence-electron chi connectivity index (χ0n) is 18.7. The smallest absolute Gasteiger partial charge is 0.407 e. The third-order valence-electron chi connectivity index (χ3n) is 6.09. The summed E-state index contributed by atoms with van der Waals surface area (Å²) in [6, 6.07) is 14.5. The van der Waals surface area contributed by atoms with Crippen molar-refractivity contribution in [2.24, 2.45) is 5.92 Å². The number of thioether (sulfide) groups is 1. The van der Waals surface area contributed by atoms with Crippen molar-refractivity contribution in [3.63, 3.8) is 0 Å². The molecular weight excluding hydrogens is 440 g/mol. The summed E-state index contributed by atoms with van der Waals surface area (Å²) < 4.78 is 5.60. The van der Waals surface area contributed by atoms with Gasteiger partial charge in [-0.25, -0.2) is 9.59 Å². The van der Waals surface area contributed by atoms with Gasteiger partial charge in [0.15, 0.2) is 0 Å². The third-order valence-corrected chi connectivity index (χ3v) is 7.10. The minimum absolute atomic E-state index is 0.0752. The summed E-state index contributed by atoms with van der Waals surface area (Å²) in [6.45, 7) is 4.06. The summed E-state index contributed by atoms with van der Waals surface area (Å²) in [5, 5.41) is 12.1. The molecule has 1 heterocycles. The maximum atomic E-state index is 13.1. The number of carboxylic acids is 1. The predicted octanol–water partition coefficient (Wildman–Crippen LogP) is 3.93. The minimum Gasteiger partial charge on any atom is -0.480 e. The Hall–Kier alpha value is -3.00. The van der Waals surface area contributed by atoms with Crippen LogP contribution in [0.25, 0.3) is 11.1 Å². The molecule has 0 saturated carbocycles. The van der Waals surface area contributed by atoms with Crippen LogP contribution in [-0.2, 0) is 14.3 Å². The van der Waals surface area contributed by atoms with Crippen molar-refractivity contribution >= 4 is 29.7 Å². The Morgan fingerprint density at radius 2 is 1.70 bits per heavy atom. The average molecular weight is 469 g/mol. The van der Waals surface area contributed by atoms with E-state index in [0.717, 1.165) is 22.3 Å². The van der Waals surface area contributed by atoms with Crippen LogP contribution in [0.2, 0.25) is 0 Å². The molecule has 1 saturated heterocycles. The first-order valence-corrected chi connectivity index (χ1v) is 12.2. The number of amides is 2. The number of nitrogens with zero attached hydrogens (tertiary/aromatic N) is 1. The normalized spacial score (nSPS) is 18.0.